The number of carbonyl (C=O) groups is 1. The van der Waals surface area contributed by atoms with Crippen molar-refractivity contribution in [3.63, 3.8) is 0 Å². The number of nitrogens with zero attached hydrogens (tertiary/aromatic N) is 2. The average molecular weight is 351 g/mol. The quantitative estimate of drug-likeness (QED) is 0.894. The first kappa shape index (κ1) is 17.4. The van der Waals surface area contributed by atoms with Crippen LogP contribution in [-0.4, -0.2) is 43.8 Å². The Morgan fingerprint density at radius 3 is 2.71 bits per heavy atom. The number of hydrogen-bond donors (Lipinski definition) is 1. The van der Waals surface area contributed by atoms with Crippen molar-refractivity contribution in [1.29, 1.82) is 0 Å². The van der Waals surface area contributed by atoms with Gasteiger partial charge in [-0.2, -0.15) is 4.31 Å². The first-order valence-electron chi connectivity index (χ1n) is 8.51. The van der Waals surface area contributed by atoms with Crippen LogP contribution in [0.25, 0.3) is 0 Å². The lowest BCUT2D eigenvalue weighted by Crippen LogP contribution is -2.51. The number of carbonyl (C=O) groups excluding carboxylic acids is 1. The molecule has 6 nitrogen and oxygen atoms in total. The summed E-state index contributed by atoms with van der Waals surface area (Å²) in [5, 5.41) is 0. The van der Waals surface area contributed by atoms with Gasteiger partial charge in [0.1, 0.15) is 0 Å². The summed E-state index contributed by atoms with van der Waals surface area (Å²) in [6.45, 7) is 4.53. The molecule has 1 saturated heterocycles. The van der Waals surface area contributed by atoms with Crippen LogP contribution in [-0.2, 0) is 21.2 Å². The van der Waals surface area contributed by atoms with Gasteiger partial charge in [-0.1, -0.05) is 6.42 Å². The molecule has 1 aromatic carbocycles. The fraction of sp³-hybridized carbons (Fsp3) is 0.588. The Hall–Kier alpha value is -1.44. The van der Waals surface area contributed by atoms with E-state index in [9.17, 15) is 13.2 Å². The van der Waals surface area contributed by atoms with Gasteiger partial charge in [-0.05, 0) is 49.9 Å². The SMILES string of the molecule is CC(=O)N1CCc2cc(S(=O)(=O)N3CCCCC3C(C)N)ccc21. The second-order valence-corrected chi connectivity index (χ2v) is 8.64. The molecule has 3 rings (SSSR count). The van der Waals surface area contributed by atoms with E-state index in [1.807, 2.05) is 6.92 Å². The van der Waals surface area contributed by atoms with E-state index in [-0.39, 0.29) is 18.0 Å². The summed E-state index contributed by atoms with van der Waals surface area (Å²) in [5.74, 6) is -0.0163. The number of anilines is 1. The lowest BCUT2D eigenvalue weighted by molar-refractivity contribution is -0.116. The molecule has 24 heavy (non-hydrogen) atoms. The Balaban J connectivity index is 1.95. The van der Waals surface area contributed by atoms with Crippen molar-refractivity contribution in [3.8, 4) is 0 Å². The van der Waals surface area contributed by atoms with Crippen LogP contribution in [0.1, 0.15) is 38.7 Å². The molecule has 2 aliphatic rings. The highest BCUT2D eigenvalue weighted by atomic mass is 32.2. The number of hydrogen-bond acceptors (Lipinski definition) is 4. The minimum absolute atomic E-state index is 0.0163. The molecule has 2 atom stereocenters. The van der Waals surface area contributed by atoms with E-state index in [0.717, 1.165) is 30.5 Å². The Kier molecular flexibility index (Phi) is 4.68. The Bertz CT molecular complexity index is 745. The fourth-order valence-corrected chi connectivity index (χ4v) is 5.58. The zero-order valence-electron chi connectivity index (χ0n) is 14.2. The number of piperidine rings is 1. The van der Waals surface area contributed by atoms with Gasteiger partial charge in [-0.25, -0.2) is 8.42 Å². The molecule has 0 saturated carbocycles. The fourth-order valence-electron chi connectivity index (χ4n) is 3.76. The summed E-state index contributed by atoms with van der Waals surface area (Å²) >= 11 is 0. The second-order valence-electron chi connectivity index (χ2n) is 6.75. The van der Waals surface area contributed by atoms with Crippen LogP contribution < -0.4 is 10.6 Å². The first-order valence-corrected chi connectivity index (χ1v) is 9.95. The first-order chi connectivity index (χ1) is 11.3. The summed E-state index contributed by atoms with van der Waals surface area (Å²) in [7, 11) is -3.57. The zero-order chi connectivity index (χ0) is 17.5. The van der Waals surface area contributed by atoms with Crippen LogP contribution in [0.3, 0.4) is 0 Å². The summed E-state index contributed by atoms with van der Waals surface area (Å²) in [5.41, 5.74) is 7.76. The van der Waals surface area contributed by atoms with Gasteiger partial charge in [0.05, 0.1) is 4.90 Å². The van der Waals surface area contributed by atoms with Crippen LogP contribution in [0.15, 0.2) is 23.1 Å². The third-order valence-corrected chi connectivity index (χ3v) is 6.96. The molecule has 2 unspecified atom stereocenters. The van der Waals surface area contributed by atoms with E-state index in [4.69, 9.17) is 5.73 Å². The van der Waals surface area contributed by atoms with Crippen LogP contribution in [0, 0.1) is 0 Å². The monoisotopic (exact) mass is 351 g/mol. The molecular formula is C17H25N3O3S. The van der Waals surface area contributed by atoms with Gasteiger partial charge in [-0.3, -0.25) is 4.79 Å². The highest BCUT2D eigenvalue weighted by Crippen LogP contribution is 2.33. The zero-order valence-corrected chi connectivity index (χ0v) is 15.1. The van der Waals surface area contributed by atoms with Gasteiger partial charge in [0.15, 0.2) is 0 Å². The largest absolute Gasteiger partial charge is 0.326 e. The summed E-state index contributed by atoms with van der Waals surface area (Å²) in [4.78, 5) is 13.6. The Labute approximate surface area is 143 Å². The average Bonchev–Trinajstić information content (AvgIpc) is 2.98. The Morgan fingerprint density at radius 1 is 1.29 bits per heavy atom. The number of fused-ring (bicyclic) bond motifs is 1. The van der Waals surface area contributed by atoms with Gasteiger partial charge in [0.25, 0.3) is 0 Å². The molecule has 1 aromatic rings. The number of rotatable bonds is 3. The van der Waals surface area contributed by atoms with E-state index in [0.29, 0.717) is 24.4 Å². The normalized spacial score (nSPS) is 23.1. The van der Waals surface area contributed by atoms with Gasteiger partial charge in [0.2, 0.25) is 15.9 Å². The van der Waals surface area contributed by atoms with Crippen LogP contribution >= 0.6 is 0 Å². The highest BCUT2D eigenvalue weighted by Gasteiger charge is 2.36. The van der Waals surface area contributed by atoms with Crippen LogP contribution in [0.5, 0.6) is 0 Å². The van der Waals surface area contributed by atoms with Crippen molar-refractivity contribution in [2.45, 2.75) is 56.5 Å². The minimum Gasteiger partial charge on any atom is -0.326 e. The van der Waals surface area contributed by atoms with Gasteiger partial charge < -0.3 is 10.6 Å². The lowest BCUT2D eigenvalue weighted by atomic mass is 10.00. The van der Waals surface area contributed by atoms with Gasteiger partial charge in [-0.15, -0.1) is 0 Å². The summed E-state index contributed by atoms with van der Waals surface area (Å²) < 4.78 is 27.8. The van der Waals surface area contributed by atoms with E-state index in [1.54, 1.807) is 27.4 Å². The summed E-state index contributed by atoms with van der Waals surface area (Å²) in [6.07, 6.45) is 3.37. The third kappa shape index (κ3) is 2.96. The standard InChI is InChI=1S/C17H25N3O3S/c1-12(18)16-5-3-4-9-20(16)24(22,23)15-6-7-17-14(11-15)8-10-19(17)13(2)21/h6-7,11-12,16H,3-5,8-10,18H2,1-2H3. The van der Waals surface area contributed by atoms with E-state index in [1.165, 1.54) is 6.92 Å². The molecular weight excluding hydrogens is 326 g/mol. The van der Waals surface area contributed by atoms with Crippen molar-refractivity contribution < 1.29 is 13.2 Å². The topological polar surface area (TPSA) is 83.7 Å². The molecule has 1 fully saturated rings. The molecule has 132 valence electrons. The van der Waals surface area contributed by atoms with Crippen molar-refractivity contribution in [3.05, 3.63) is 23.8 Å². The van der Waals surface area contributed by atoms with Crippen molar-refractivity contribution in [2.75, 3.05) is 18.0 Å². The Morgan fingerprint density at radius 2 is 2.04 bits per heavy atom. The number of nitrogens with two attached hydrogens (primary N) is 1. The predicted molar refractivity (Wildman–Crippen MR) is 93.4 cm³/mol. The lowest BCUT2D eigenvalue weighted by Gasteiger charge is -2.37. The van der Waals surface area contributed by atoms with E-state index < -0.39 is 10.0 Å². The molecule has 1 amide bonds. The van der Waals surface area contributed by atoms with Gasteiger partial charge >= 0.3 is 0 Å². The van der Waals surface area contributed by atoms with Crippen LogP contribution in [0.2, 0.25) is 0 Å². The molecule has 0 bridgehead atoms. The molecule has 0 radical (unpaired) electrons. The van der Waals surface area contributed by atoms with E-state index >= 15 is 0 Å². The van der Waals surface area contributed by atoms with Gasteiger partial charge in [0, 0.05) is 37.8 Å². The summed E-state index contributed by atoms with van der Waals surface area (Å²) in [6, 6.07) is 4.75. The molecule has 7 heteroatoms. The minimum atomic E-state index is -3.57. The highest BCUT2D eigenvalue weighted by molar-refractivity contribution is 7.89. The predicted octanol–water partition coefficient (Wildman–Crippen LogP) is 1.49. The molecule has 0 aliphatic carbocycles. The van der Waals surface area contributed by atoms with Crippen molar-refractivity contribution in [2.24, 2.45) is 5.73 Å². The molecule has 2 aliphatic heterocycles. The maximum atomic E-state index is 13.1. The number of benzene rings is 1. The van der Waals surface area contributed by atoms with E-state index in [2.05, 4.69) is 0 Å². The van der Waals surface area contributed by atoms with Crippen molar-refractivity contribution >= 4 is 21.6 Å². The van der Waals surface area contributed by atoms with Crippen LogP contribution in [0.4, 0.5) is 5.69 Å². The number of amides is 1. The second kappa shape index (κ2) is 6.46. The number of sulfonamides is 1. The van der Waals surface area contributed by atoms with Crippen molar-refractivity contribution in [1.82, 2.24) is 4.31 Å². The molecule has 2 heterocycles. The molecule has 0 spiro atoms. The maximum absolute atomic E-state index is 13.1. The smallest absolute Gasteiger partial charge is 0.243 e. The molecule has 0 aromatic heterocycles. The maximum Gasteiger partial charge on any atom is 0.243 e. The molecule has 2 N–H and O–H groups in total. The third-order valence-electron chi connectivity index (χ3n) is 5.04.